The standard InChI is InChI=1S/C17H31N3O/c1-14(17(21)20-9-3-2-4-10-20)19-11-7-16(8-12-19)18-13-15-5-6-15/h14-16,18H,2-13H2,1H3. The molecule has 21 heavy (non-hydrogen) atoms. The first kappa shape index (κ1) is 15.3. The van der Waals surface area contributed by atoms with Gasteiger partial charge in [0.2, 0.25) is 5.91 Å². The average Bonchev–Trinajstić information content (AvgIpc) is 3.37. The second-order valence-corrected chi connectivity index (χ2v) is 7.22. The van der Waals surface area contributed by atoms with Crippen molar-refractivity contribution in [1.82, 2.24) is 15.1 Å². The second-order valence-electron chi connectivity index (χ2n) is 7.22. The number of likely N-dealkylation sites (tertiary alicyclic amines) is 2. The van der Waals surface area contributed by atoms with Gasteiger partial charge < -0.3 is 10.2 Å². The maximum absolute atomic E-state index is 12.6. The molecule has 3 aliphatic rings. The van der Waals surface area contributed by atoms with Gasteiger partial charge in [-0.1, -0.05) is 0 Å². The number of piperidine rings is 2. The first-order valence-electron chi connectivity index (χ1n) is 9.00. The van der Waals surface area contributed by atoms with Crippen LogP contribution in [0.25, 0.3) is 0 Å². The van der Waals surface area contributed by atoms with Crippen LogP contribution in [0.2, 0.25) is 0 Å². The van der Waals surface area contributed by atoms with Gasteiger partial charge in [0, 0.05) is 32.2 Å². The van der Waals surface area contributed by atoms with Crippen molar-refractivity contribution >= 4 is 5.91 Å². The second kappa shape index (κ2) is 7.10. The SMILES string of the molecule is CC(C(=O)N1CCCCC1)N1CCC(NCC2CC2)CC1. The van der Waals surface area contributed by atoms with E-state index >= 15 is 0 Å². The summed E-state index contributed by atoms with van der Waals surface area (Å²) < 4.78 is 0. The van der Waals surface area contributed by atoms with Gasteiger partial charge >= 0.3 is 0 Å². The van der Waals surface area contributed by atoms with Crippen LogP contribution in [0.15, 0.2) is 0 Å². The number of nitrogens with one attached hydrogen (secondary N) is 1. The van der Waals surface area contributed by atoms with Crippen molar-refractivity contribution in [2.24, 2.45) is 5.92 Å². The molecule has 120 valence electrons. The Balaban J connectivity index is 1.40. The molecule has 0 radical (unpaired) electrons. The van der Waals surface area contributed by atoms with Gasteiger partial charge in [-0.3, -0.25) is 9.69 Å². The lowest BCUT2D eigenvalue weighted by Gasteiger charge is -2.38. The molecule has 1 amide bonds. The van der Waals surface area contributed by atoms with Gasteiger partial charge in [-0.05, 0) is 64.3 Å². The van der Waals surface area contributed by atoms with Crippen LogP contribution >= 0.6 is 0 Å². The Morgan fingerprint density at radius 3 is 2.33 bits per heavy atom. The van der Waals surface area contributed by atoms with Crippen molar-refractivity contribution in [3.8, 4) is 0 Å². The maximum Gasteiger partial charge on any atom is 0.239 e. The molecule has 1 atom stereocenters. The Bertz CT molecular complexity index is 342. The summed E-state index contributed by atoms with van der Waals surface area (Å²) in [4.78, 5) is 17.1. The Labute approximate surface area is 129 Å². The van der Waals surface area contributed by atoms with Gasteiger partial charge in [0.15, 0.2) is 0 Å². The fourth-order valence-electron chi connectivity index (χ4n) is 3.68. The summed E-state index contributed by atoms with van der Waals surface area (Å²) in [5, 5.41) is 3.71. The molecular weight excluding hydrogens is 262 g/mol. The quantitative estimate of drug-likeness (QED) is 0.840. The number of nitrogens with zero attached hydrogens (tertiary/aromatic N) is 2. The molecule has 1 saturated carbocycles. The fourth-order valence-corrected chi connectivity index (χ4v) is 3.68. The molecule has 2 heterocycles. The van der Waals surface area contributed by atoms with Crippen LogP contribution in [-0.4, -0.2) is 60.5 Å². The Morgan fingerprint density at radius 2 is 1.71 bits per heavy atom. The van der Waals surface area contributed by atoms with E-state index in [4.69, 9.17) is 0 Å². The first-order valence-corrected chi connectivity index (χ1v) is 9.00. The number of carbonyl (C=O) groups excluding carboxylic acids is 1. The molecule has 0 aromatic rings. The van der Waals surface area contributed by atoms with Gasteiger partial charge in [-0.25, -0.2) is 0 Å². The third-order valence-corrected chi connectivity index (χ3v) is 5.49. The van der Waals surface area contributed by atoms with E-state index < -0.39 is 0 Å². The molecule has 4 nitrogen and oxygen atoms in total. The average molecular weight is 293 g/mol. The summed E-state index contributed by atoms with van der Waals surface area (Å²) in [6, 6.07) is 0.756. The van der Waals surface area contributed by atoms with Gasteiger partial charge in [-0.2, -0.15) is 0 Å². The molecular formula is C17H31N3O. The third-order valence-electron chi connectivity index (χ3n) is 5.49. The highest BCUT2D eigenvalue weighted by Gasteiger charge is 2.30. The van der Waals surface area contributed by atoms with E-state index in [1.165, 1.54) is 51.5 Å². The number of amides is 1. The normalized spacial score (nSPS) is 26.8. The lowest BCUT2D eigenvalue weighted by molar-refractivity contribution is -0.137. The molecule has 0 aromatic carbocycles. The van der Waals surface area contributed by atoms with Crippen molar-refractivity contribution in [1.29, 1.82) is 0 Å². The number of hydrogen-bond donors (Lipinski definition) is 1. The fraction of sp³-hybridized carbons (Fsp3) is 0.941. The molecule has 2 saturated heterocycles. The summed E-state index contributed by atoms with van der Waals surface area (Å²) >= 11 is 0. The highest BCUT2D eigenvalue weighted by molar-refractivity contribution is 5.81. The van der Waals surface area contributed by atoms with Gasteiger partial charge in [0.05, 0.1) is 6.04 Å². The predicted octanol–water partition coefficient (Wildman–Crippen LogP) is 1.85. The molecule has 1 N–H and O–H groups in total. The number of rotatable bonds is 5. The van der Waals surface area contributed by atoms with E-state index in [0.717, 1.165) is 32.1 Å². The zero-order valence-corrected chi connectivity index (χ0v) is 13.5. The van der Waals surface area contributed by atoms with Crippen LogP contribution in [0.5, 0.6) is 0 Å². The van der Waals surface area contributed by atoms with E-state index in [1.54, 1.807) is 0 Å². The van der Waals surface area contributed by atoms with Crippen LogP contribution in [0.4, 0.5) is 0 Å². The number of hydrogen-bond acceptors (Lipinski definition) is 3. The molecule has 4 heteroatoms. The van der Waals surface area contributed by atoms with Gasteiger partial charge in [-0.15, -0.1) is 0 Å². The Kier molecular flexibility index (Phi) is 5.17. The minimum atomic E-state index is 0.0764. The molecule has 0 aromatic heterocycles. The minimum Gasteiger partial charge on any atom is -0.341 e. The zero-order chi connectivity index (χ0) is 14.7. The van der Waals surface area contributed by atoms with E-state index in [1.807, 2.05) is 0 Å². The highest BCUT2D eigenvalue weighted by Crippen LogP contribution is 2.28. The Morgan fingerprint density at radius 1 is 1.05 bits per heavy atom. The minimum absolute atomic E-state index is 0.0764. The van der Waals surface area contributed by atoms with Crippen molar-refractivity contribution < 1.29 is 4.79 Å². The zero-order valence-electron chi connectivity index (χ0n) is 13.5. The van der Waals surface area contributed by atoms with Gasteiger partial charge in [0.1, 0.15) is 0 Å². The van der Waals surface area contributed by atoms with Crippen LogP contribution in [0.3, 0.4) is 0 Å². The summed E-state index contributed by atoms with van der Waals surface area (Å²) in [7, 11) is 0. The molecule has 3 fully saturated rings. The van der Waals surface area contributed by atoms with Crippen molar-refractivity contribution in [2.75, 3.05) is 32.7 Å². The molecule has 1 aliphatic carbocycles. The largest absolute Gasteiger partial charge is 0.341 e. The predicted molar refractivity (Wildman–Crippen MR) is 85.2 cm³/mol. The van der Waals surface area contributed by atoms with E-state index in [2.05, 4.69) is 22.0 Å². The molecule has 0 spiro atoms. The highest BCUT2D eigenvalue weighted by atomic mass is 16.2. The van der Waals surface area contributed by atoms with Crippen molar-refractivity contribution in [3.63, 3.8) is 0 Å². The van der Waals surface area contributed by atoms with Crippen LogP contribution in [0.1, 0.15) is 51.9 Å². The Hall–Kier alpha value is -0.610. The van der Waals surface area contributed by atoms with Crippen LogP contribution in [-0.2, 0) is 4.79 Å². The molecule has 0 bridgehead atoms. The maximum atomic E-state index is 12.6. The van der Waals surface area contributed by atoms with Crippen molar-refractivity contribution in [3.05, 3.63) is 0 Å². The van der Waals surface area contributed by atoms with E-state index in [9.17, 15) is 4.79 Å². The van der Waals surface area contributed by atoms with E-state index in [0.29, 0.717) is 11.9 Å². The summed E-state index contributed by atoms with van der Waals surface area (Å²) in [6.07, 6.45) is 8.91. The summed E-state index contributed by atoms with van der Waals surface area (Å²) in [6.45, 7) is 7.42. The van der Waals surface area contributed by atoms with Crippen molar-refractivity contribution in [2.45, 2.75) is 64.0 Å². The smallest absolute Gasteiger partial charge is 0.239 e. The lowest BCUT2D eigenvalue weighted by Crippen LogP contribution is -2.52. The third kappa shape index (κ3) is 4.19. The molecule has 2 aliphatic heterocycles. The first-order chi connectivity index (χ1) is 10.2. The number of carbonyl (C=O) groups is 1. The summed E-state index contributed by atoms with van der Waals surface area (Å²) in [5.41, 5.74) is 0. The lowest BCUT2D eigenvalue weighted by atomic mass is 10.0. The molecule has 3 rings (SSSR count). The van der Waals surface area contributed by atoms with E-state index in [-0.39, 0.29) is 6.04 Å². The van der Waals surface area contributed by atoms with Crippen LogP contribution < -0.4 is 5.32 Å². The topological polar surface area (TPSA) is 35.6 Å². The molecule has 1 unspecified atom stereocenters. The monoisotopic (exact) mass is 293 g/mol. The summed E-state index contributed by atoms with van der Waals surface area (Å²) in [5.74, 6) is 1.32. The van der Waals surface area contributed by atoms with Gasteiger partial charge in [0.25, 0.3) is 0 Å². The van der Waals surface area contributed by atoms with Crippen LogP contribution in [0, 0.1) is 5.92 Å².